The molecule has 0 saturated heterocycles. The molecular formula is C20H22F3NO2. The Bertz CT molecular complexity index is 716. The third kappa shape index (κ3) is 6.19. The third-order valence-electron chi connectivity index (χ3n) is 4.19. The van der Waals surface area contributed by atoms with E-state index in [1.807, 2.05) is 37.3 Å². The van der Waals surface area contributed by atoms with Crippen LogP contribution in [0.15, 0.2) is 54.6 Å². The molecule has 0 aromatic heterocycles. The van der Waals surface area contributed by atoms with Crippen molar-refractivity contribution in [1.29, 1.82) is 0 Å². The summed E-state index contributed by atoms with van der Waals surface area (Å²) in [6, 6.07) is 13.7. The zero-order valence-electron chi connectivity index (χ0n) is 14.5. The monoisotopic (exact) mass is 365 g/mol. The van der Waals surface area contributed by atoms with Crippen LogP contribution in [0.3, 0.4) is 0 Å². The van der Waals surface area contributed by atoms with E-state index in [2.05, 4.69) is 5.32 Å². The zero-order chi connectivity index (χ0) is 19.2. The summed E-state index contributed by atoms with van der Waals surface area (Å²) in [5.41, 5.74) is 0.837. The van der Waals surface area contributed by atoms with Gasteiger partial charge in [-0.15, -0.1) is 0 Å². The minimum atomic E-state index is -4.36. The molecule has 0 aliphatic carbocycles. The summed E-state index contributed by atoms with van der Waals surface area (Å²) in [4.78, 5) is 11.5. The number of hydrogen-bond donors (Lipinski definition) is 2. The Balaban J connectivity index is 1.92. The third-order valence-corrected chi connectivity index (χ3v) is 4.19. The summed E-state index contributed by atoms with van der Waals surface area (Å²) in [7, 11) is 0. The maximum absolute atomic E-state index is 12.8. The normalized spacial score (nSPS) is 14.0. The van der Waals surface area contributed by atoms with Crippen LogP contribution in [0.25, 0.3) is 0 Å². The number of halogens is 3. The quantitative estimate of drug-likeness (QED) is 0.733. The fourth-order valence-electron chi connectivity index (χ4n) is 2.78. The number of aryl methyl sites for hydroxylation is 1. The van der Waals surface area contributed by atoms with Gasteiger partial charge in [0.1, 0.15) is 6.04 Å². The van der Waals surface area contributed by atoms with Crippen molar-refractivity contribution in [3.05, 3.63) is 71.3 Å². The van der Waals surface area contributed by atoms with E-state index in [9.17, 15) is 23.1 Å². The number of benzene rings is 2. The van der Waals surface area contributed by atoms with Gasteiger partial charge in [0, 0.05) is 6.04 Å². The van der Waals surface area contributed by atoms with Gasteiger partial charge < -0.3 is 10.4 Å². The topological polar surface area (TPSA) is 49.3 Å². The van der Waals surface area contributed by atoms with Crippen molar-refractivity contribution in [2.75, 3.05) is 0 Å². The molecule has 0 fully saturated rings. The van der Waals surface area contributed by atoms with Crippen molar-refractivity contribution >= 4 is 5.97 Å². The lowest BCUT2D eigenvalue weighted by molar-refractivity contribution is -0.140. The smallest absolute Gasteiger partial charge is 0.416 e. The molecule has 6 heteroatoms. The minimum Gasteiger partial charge on any atom is -0.480 e. The SMILES string of the molecule is CC(CCc1cccc(C(F)(F)F)c1)N[C@@H](Cc1ccccc1)C(=O)O. The molecule has 0 heterocycles. The predicted octanol–water partition coefficient (Wildman–Crippen LogP) is 4.31. The highest BCUT2D eigenvalue weighted by Crippen LogP contribution is 2.29. The number of aliphatic carboxylic acids is 1. The van der Waals surface area contributed by atoms with Gasteiger partial charge >= 0.3 is 12.1 Å². The first kappa shape index (κ1) is 20.0. The van der Waals surface area contributed by atoms with Crippen LogP contribution in [0.1, 0.15) is 30.0 Å². The average Bonchev–Trinajstić information content (AvgIpc) is 2.60. The highest BCUT2D eigenvalue weighted by atomic mass is 19.4. The second kappa shape index (κ2) is 8.85. The molecule has 2 N–H and O–H groups in total. The Morgan fingerprint density at radius 2 is 1.73 bits per heavy atom. The Morgan fingerprint density at radius 3 is 2.35 bits per heavy atom. The molecule has 0 saturated carbocycles. The molecule has 26 heavy (non-hydrogen) atoms. The largest absolute Gasteiger partial charge is 0.480 e. The molecule has 0 aliphatic rings. The Morgan fingerprint density at radius 1 is 1.08 bits per heavy atom. The number of nitrogens with one attached hydrogen (secondary N) is 1. The first-order valence-corrected chi connectivity index (χ1v) is 8.44. The highest BCUT2D eigenvalue weighted by molar-refractivity contribution is 5.74. The van der Waals surface area contributed by atoms with E-state index >= 15 is 0 Å². The van der Waals surface area contributed by atoms with Gasteiger partial charge in [-0.1, -0.05) is 48.5 Å². The van der Waals surface area contributed by atoms with Crippen molar-refractivity contribution in [3.63, 3.8) is 0 Å². The van der Waals surface area contributed by atoms with Crippen molar-refractivity contribution < 1.29 is 23.1 Å². The van der Waals surface area contributed by atoms with Gasteiger partial charge in [0.25, 0.3) is 0 Å². The molecular weight excluding hydrogens is 343 g/mol. The average molecular weight is 365 g/mol. The molecule has 0 amide bonds. The first-order chi connectivity index (χ1) is 12.3. The first-order valence-electron chi connectivity index (χ1n) is 8.44. The Labute approximate surface area is 150 Å². The summed E-state index contributed by atoms with van der Waals surface area (Å²) in [6.07, 6.45) is -3.02. The van der Waals surface area contributed by atoms with Crippen molar-refractivity contribution in [2.24, 2.45) is 0 Å². The Hall–Kier alpha value is -2.34. The van der Waals surface area contributed by atoms with E-state index in [0.29, 0.717) is 24.8 Å². The fraction of sp³-hybridized carbons (Fsp3) is 0.350. The van der Waals surface area contributed by atoms with Crippen molar-refractivity contribution in [1.82, 2.24) is 5.32 Å². The van der Waals surface area contributed by atoms with E-state index < -0.39 is 23.8 Å². The second-order valence-electron chi connectivity index (χ2n) is 6.39. The summed E-state index contributed by atoms with van der Waals surface area (Å²) in [6.45, 7) is 1.84. The molecule has 0 radical (unpaired) electrons. The van der Waals surface area contributed by atoms with Crippen LogP contribution in [0, 0.1) is 0 Å². The number of carboxylic acids is 1. The summed E-state index contributed by atoms with van der Waals surface area (Å²) in [5.74, 6) is -0.945. The van der Waals surface area contributed by atoms with Gasteiger partial charge in [0.2, 0.25) is 0 Å². The van der Waals surface area contributed by atoms with Gasteiger partial charge in [0.05, 0.1) is 5.56 Å². The standard InChI is InChI=1S/C20H22F3NO2/c1-14(10-11-16-8-5-9-17(12-16)20(21,22)23)24-18(19(25)26)13-15-6-3-2-4-7-15/h2-9,12,14,18,24H,10-11,13H2,1H3,(H,25,26)/t14?,18-/m0/s1. The molecule has 2 aromatic rings. The molecule has 2 rings (SSSR count). The van der Waals surface area contributed by atoms with Crippen LogP contribution in [0.2, 0.25) is 0 Å². The van der Waals surface area contributed by atoms with Crippen LogP contribution in [-0.4, -0.2) is 23.2 Å². The van der Waals surface area contributed by atoms with Crippen LogP contribution in [0.5, 0.6) is 0 Å². The van der Waals surface area contributed by atoms with Gasteiger partial charge in [-0.3, -0.25) is 4.79 Å². The lowest BCUT2D eigenvalue weighted by Crippen LogP contribution is -2.43. The summed E-state index contributed by atoms with van der Waals surface area (Å²) in [5, 5.41) is 12.5. The molecule has 0 aliphatic heterocycles. The molecule has 0 spiro atoms. The van der Waals surface area contributed by atoms with E-state index in [4.69, 9.17) is 0 Å². The van der Waals surface area contributed by atoms with Gasteiger partial charge in [-0.05, 0) is 43.4 Å². The van der Waals surface area contributed by atoms with Crippen LogP contribution >= 0.6 is 0 Å². The molecule has 2 aromatic carbocycles. The predicted molar refractivity (Wildman–Crippen MR) is 93.9 cm³/mol. The number of carbonyl (C=O) groups is 1. The van der Waals surface area contributed by atoms with Crippen molar-refractivity contribution in [2.45, 2.75) is 44.4 Å². The van der Waals surface area contributed by atoms with Crippen LogP contribution in [-0.2, 0) is 23.8 Å². The number of alkyl halides is 3. The molecule has 140 valence electrons. The maximum Gasteiger partial charge on any atom is 0.416 e. The number of rotatable bonds is 8. The maximum atomic E-state index is 12.8. The van der Waals surface area contributed by atoms with E-state index in [1.165, 1.54) is 6.07 Å². The Kier molecular flexibility index (Phi) is 6.80. The van der Waals surface area contributed by atoms with Gasteiger partial charge in [-0.25, -0.2) is 0 Å². The van der Waals surface area contributed by atoms with E-state index in [1.54, 1.807) is 6.07 Å². The van der Waals surface area contributed by atoms with Gasteiger partial charge in [-0.2, -0.15) is 13.2 Å². The molecule has 0 bridgehead atoms. The fourth-order valence-corrected chi connectivity index (χ4v) is 2.78. The lowest BCUT2D eigenvalue weighted by Gasteiger charge is -2.20. The molecule has 3 nitrogen and oxygen atoms in total. The number of carboxylic acid groups (broad SMARTS) is 1. The van der Waals surface area contributed by atoms with Crippen molar-refractivity contribution in [3.8, 4) is 0 Å². The summed E-state index contributed by atoms with van der Waals surface area (Å²) < 4.78 is 38.3. The van der Waals surface area contributed by atoms with Crippen LogP contribution < -0.4 is 5.32 Å². The van der Waals surface area contributed by atoms with E-state index in [-0.39, 0.29) is 6.04 Å². The summed E-state index contributed by atoms with van der Waals surface area (Å²) >= 11 is 0. The molecule has 1 unspecified atom stereocenters. The van der Waals surface area contributed by atoms with Gasteiger partial charge in [0.15, 0.2) is 0 Å². The minimum absolute atomic E-state index is 0.144. The second-order valence-corrected chi connectivity index (χ2v) is 6.39. The highest BCUT2D eigenvalue weighted by Gasteiger charge is 2.30. The van der Waals surface area contributed by atoms with Crippen LogP contribution in [0.4, 0.5) is 13.2 Å². The number of hydrogen-bond acceptors (Lipinski definition) is 2. The van der Waals surface area contributed by atoms with E-state index in [0.717, 1.165) is 17.7 Å². The lowest BCUT2D eigenvalue weighted by atomic mass is 10.0. The zero-order valence-corrected chi connectivity index (χ0v) is 14.5. The molecule has 2 atom stereocenters.